The number of ether oxygens (including phenoxy) is 1. The summed E-state index contributed by atoms with van der Waals surface area (Å²) in [5.74, 6) is 1.87. The molecular formula is C14H23NOS. The molecule has 2 nitrogen and oxygen atoms in total. The summed E-state index contributed by atoms with van der Waals surface area (Å²) in [6.07, 6.45) is 5.85. The molecule has 0 unspecified atom stereocenters. The molecule has 0 aromatic heterocycles. The molecule has 1 saturated carbocycles. The average Bonchev–Trinajstić information content (AvgIpc) is 2.84. The van der Waals surface area contributed by atoms with Crippen molar-refractivity contribution in [1.29, 1.82) is 0 Å². The van der Waals surface area contributed by atoms with E-state index in [-0.39, 0.29) is 0 Å². The molecule has 96 valence electrons. The molecule has 0 amide bonds. The summed E-state index contributed by atoms with van der Waals surface area (Å²) in [5, 5.41) is 3.21. The SMILES string of the molecule is CNCC1CCCC1.COc1ccc(S)cc1. The molecule has 1 N–H and O–H groups in total. The van der Waals surface area contributed by atoms with Gasteiger partial charge in [0, 0.05) is 4.90 Å². The van der Waals surface area contributed by atoms with E-state index in [1.165, 1.54) is 32.2 Å². The van der Waals surface area contributed by atoms with Gasteiger partial charge >= 0.3 is 0 Å². The van der Waals surface area contributed by atoms with Crippen LogP contribution < -0.4 is 10.1 Å². The predicted octanol–water partition coefficient (Wildman–Crippen LogP) is 3.38. The van der Waals surface area contributed by atoms with Gasteiger partial charge in [0.2, 0.25) is 0 Å². The molecule has 0 aliphatic heterocycles. The maximum atomic E-state index is 4.94. The Kier molecular flexibility index (Phi) is 7.13. The Bertz CT molecular complexity index is 294. The highest BCUT2D eigenvalue weighted by atomic mass is 32.1. The second-order valence-electron chi connectivity index (χ2n) is 4.41. The fourth-order valence-corrected chi connectivity index (χ4v) is 2.23. The number of hydrogen-bond donors (Lipinski definition) is 2. The van der Waals surface area contributed by atoms with Gasteiger partial charge in [0.1, 0.15) is 5.75 Å². The fourth-order valence-electron chi connectivity index (χ4n) is 2.09. The van der Waals surface area contributed by atoms with Crippen molar-refractivity contribution < 1.29 is 4.74 Å². The van der Waals surface area contributed by atoms with Crippen LogP contribution in [0.25, 0.3) is 0 Å². The summed E-state index contributed by atoms with van der Waals surface area (Å²) >= 11 is 4.11. The minimum atomic E-state index is 0.868. The van der Waals surface area contributed by atoms with Gasteiger partial charge in [0.15, 0.2) is 0 Å². The predicted molar refractivity (Wildman–Crippen MR) is 76.1 cm³/mol. The summed E-state index contributed by atoms with van der Waals surface area (Å²) in [5.41, 5.74) is 0. The molecule has 0 heterocycles. The quantitative estimate of drug-likeness (QED) is 0.806. The summed E-state index contributed by atoms with van der Waals surface area (Å²) in [4.78, 5) is 0.954. The van der Waals surface area contributed by atoms with E-state index in [2.05, 4.69) is 17.9 Å². The highest BCUT2D eigenvalue weighted by molar-refractivity contribution is 7.80. The van der Waals surface area contributed by atoms with E-state index in [0.29, 0.717) is 0 Å². The highest BCUT2D eigenvalue weighted by Crippen LogP contribution is 2.23. The van der Waals surface area contributed by atoms with Gasteiger partial charge in [-0.1, -0.05) is 12.8 Å². The van der Waals surface area contributed by atoms with Crippen LogP contribution in [0.3, 0.4) is 0 Å². The fraction of sp³-hybridized carbons (Fsp3) is 0.571. The number of benzene rings is 1. The lowest BCUT2D eigenvalue weighted by Crippen LogP contribution is -2.15. The van der Waals surface area contributed by atoms with Crippen molar-refractivity contribution in [2.45, 2.75) is 30.6 Å². The standard InChI is InChI=1S/C7H15N.C7H8OS/c1-8-6-7-4-2-3-5-7;1-8-6-2-4-7(9)5-3-6/h7-8H,2-6H2,1H3;2-5,9H,1H3. The van der Waals surface area contributed by atoms with Crippen LogP contribution in [-0.2, 0) is 0 Å². The van der Waals surface area contributed by atoms with Gasteiger partial charge < -0.3 is 10.1 Å². The third-order valence-electron chi connectivity index (χ3n) is 3.04. The van der Waals surface area contributed by atoms with Crippen LogP contribution in [0.15, 0.2) is 29.2 Å². The molecule has 0 radical (unpaired) electrons. The van der Waals surface area contributed by atoms with Gasteiger partial charge in [0.05, 0.1) is 7.11 Å². The maximum Gasteiger partial charge on any atom is 0.118 e. The number of nitrogens with one attached hydrogen (secondary N) is 1. The second kappa shape index (κ2) is 8.43. The van der Waals surface area contributed by atoms with E-state index >= 15 is 0 Å². The zero-order valence-electron chi connectivity index (χ0n) is 10.8. The van der Waals surface area contributed by atoms with Crippen LogP contribution in [0.4, 0.5) is 0 Å². The van der Waals surface area contributed by atoms with Gasteiger partial charge in [-0.05, 0) is 56.6 Å². The van der Waals surface area contributed by atoms with Gasteiger partial charge in [-0.2, -0.15) is 0 Å². The Morgan fingerprint density at radius 3 is 2.29 bits per heavy atom. The van der Waals surface area contributed by atoms with E-state index in [1.807, 2.05) is 31.3 Å². The molecule has 1 aliphatic rings. The van der Waals surface area contributed by atoms with Crippen molar-refractivity contribution >= 4 is 12.6 Å². The minimum Gasteiger partial charge on any atom is -0.497 e. The van der Waals surface area contributed by atoms with Crippen LogP contribution in [-0.4, -0.2) is 20.7 Å². The van der Waals surface area contributed by atoms with Crippen molar-refractivity contribution in [3.05, 3.63) is 24.3 Å². The van der Waals surface area contributed by atoms with Crippen LogP contribution in [0.2, 0.25) is 0 Å². The molecule has 1 aliphatic carbocycles. The van der Waals surface area contributed by atoms with Crippen LogP contribution in [0.1, 0.15) is 25.7 Å². The van der Waals surface area contributed by atoms with Gasteiger partial charge in [-0.15, -0.1) is 12.6 Å². The molecule has 2 rings (SSSR count). The van der Waals surface area contributed by atoms with E-state index < -0.39 is 0 Å². The zero-order chi connectivity index (χ0) is 12.5. The lowest BCUT2D eigenvalue weighted by molar-refractivity contribution is 0.414. The summed E-state index contributed by atoms with van der Waals surface area (Å²) in [6, 6.07) is 7.54. The van der Waals surface area contributed by atoms with Crippen molar-refractivity contribution in [1.82, 2.24) is 5.32 Å². The molecular weight excluding hydrogens is 230 g/mol. The second-order valence-corrected chi connectivity index (χ2v) is 4.92. The number of methoxy groups -OCH3 is 1. The Morgan fingerprint density at radius 1 is 1.24 bits per heavy atom. The van der Waals surface area contributed by atoms with E-state index in [0.717, 1.165) is 16.6 Å². The third-order valence-corrected chi connectivity index (χ3v) is 3.34. The zero-order valence-corrected chi connectivity index (χ0v) is 11.7. The van der Waals surface area contributed by atoms with Gasteiger partial charge in [-0.3, -0.25) is 0 Å². The highest BCUT2D eigenvalue weighted by Gasteiger charge is 2.12. The van der Waals surface area contributed by atoms with Crippen LogP contribution in [0, 0.1) is 5.92 Å². The summed E-state index contributed by atoms with van der Waals surface area (Å²) < 4.78 is 4.94. The maximum absolute atomic E-state index is 4.94. The normalized spacial score (nSPS) is 15.2. The van der Waals surface area contributed by atoms with Crippen LogP contribution in [0.5, 0.6) is 5.75 Å². The topological polar surface area (TPSA) is 21.3 Å². The Labute approximate surface area is 110 Å². The average molecular weight is 253 g/mol. The first-order valence-electron chi connectivity index (χ1n) is 6.24. The van der Waals surface area contributed by atoms with Crippen LogP contribution >= 0.6 is 12.6 Å². The molecule has 0 spiro atoms. The first-order chi connectivity index (χ1) is 8.26. The van der Waals surface area contributed by atoms with E-state index in [4.69, 9.17) is 4.74 Å². The molecule has 17 heavy (non-hydrogen) atoms. The first kappa shape index (κ1) is 14.4. The molecule has 3 heteroatoms. The number of hydrogen-bond acceptors (Lipinski definition) is 3. The molecule has 0 saturated heterocycles. The Balaban J connectivity index is 0.000000171. The third kappa shape index (κ3) is 5.99. The smallest absolute Gasteiger partial charge is 0.118 e. The largest absolute Gasteiger partial charge is 0.497 e. The molecule has 0 bridgehead atoms. The van der Waals surface area contributed by atoms with Crippen molar-refractivity contribution in [3.63, 3.8) is 0 Å². The molecule has 0 atom stereocenters. The van der Waals surface area contributed by atoms with Crippen molar-refractivity contribution in [2.75, 3.05) is 20.7 Å². The Morgan fingerprint density at radius 2 is 1.82 bits per heavy atom. The van der Waals surface area contributed by atoms with E-state index in [9.17, 15) is 0 Å². The Hall–Kier alpha value is -0.670. The molecule has 1 aromatic carbocycles. The minimum absolute atomic E-state index is 0.868. The number of thiol groups is 1. The lowest BCUT2D eigenvalue weighted by Gasteiger charge is -2.04. The van der Waals surface area contributed by atoms with E-state index in [1.54, 1.807) is 7.11 Å². The van der Waals surface area contributed by atoms with Crippen molar-refractivity contribution in [3.8, 4) is 5.75 Å². The summed E-state index contributed by atoms with van der Waals surface area (Å²) in [7, 11) is 3.69. The molecule has 1 aromatic rings. The number of rotatable bonds is 3. The molecule has 1 fully saturated rings. The van der Waals surface area contributed by atoms with Gasteiger partial charge in [-0.25, -0.2) is 0 Å². The van der Waals surface area contributed by atoms with Crippen molar-refractivity contribution in [2.24, 2.45) is 5.92 Å². The lowest BCUT2D eigenvalue weighted by atomic mass is 10.1. The van der Waals surface area contributed by atoms with Gasteiger partial charge in [0.25, 0.3) is 0 Å². The monoisotopic (exact) mass is 253 g/mol. The summed E-state index contributed by atoms with van der Waals surface area (Å²) in [6.45, 7) is 1.24. The first-order valence-corrected chi connectivity index (χ1v) is 6.68.